The molecule has 1 unspecified atom stereocenters. The van der Waals surface area contributed by atoms with E-state index in [-0.39, 0.29) is 31.4 Å². The highest BCUT2D eigenvalue weighted by molar-refractivity contribution is 6.31. The van der Waals surface area contributed by atoms with Gasteiger partial charge in [0.15, 0.2) is 0 Å². The van der Waals surface area contributed by atoms with Crippen LogP contribution < -0.4 is 5.32 Å². The van der Waals surface area contributed by atoms with Gasteiger partial charge >= 0.3 is 5.97 Å². The number of benzene rings is 2. The normalized spacial score (nSPS) is 18.4. The van der Waals surface area contributed by atoms with E-state index in [9.17, 15) is 14.4 Å². The number of nitrogens with zero attached hydrogens (tertiary/aromatic N) is 2. The predicted octanol–water partition coefficient (Wildman–Crippen LogP) is 3.76. The number of ether oxygens (including phenoxy) is 2. The molecule has 2 amide bonds. The lowest BCUT2D eigenvalue weighted by Crippen LogP contribution is -2.41. The van der Waals surface area contributed by atoms with Gasteiger partial charge in [-0.1, -0.05) is 41.9 Å². The molecule has 0 spiro atoms. The molecule has 1 fully saturated rings. The van der Waals surface area contributed by atoms with Gasteiger partial charge in [0.2, 0.25) is 5.91 Å². The molecular formula is C29H34ClN3O5. The Morgan fingerprint density at radius 1 is 1.13 bits per heavy atom. The summed E-state index contributed by atoms with van der Waals surface area (Å²) >= 11 is 6.45. The maximum absolute atomic E-state index is 13.3. The molecule has 0 bridgehead atoms. The van der Waals surface area contributed by atoms with Crippen LogP contribution in [0.2, 0.25) is 5.02 Å². The molecule has 0 aromatic heterocycles. The van der Waals surface area contributed by atoms with Gasteiger partial charge in [0.25, 0.3) is 5.91 Å². The van der Waals surface area contributed by atoms with Crippen molar-refractivity contribution in [2.45, 2.75) is 32.7 Å². The van der Waals surface area contributed by atoms with Crippen LogP contribution >= 0.6 is 11.6 Å². The molecule has 2 aliphatic heterocycles. The van der Waals surface area contributed by atoms with Gasteiger partial charge in [0.1, 0.15) is 0 Å². The average molecular weight is 540 g/mol. The van der Waals surface area contributed by atoms with Gasteiger partial charge < -0.3 is 19.7 Å². The summed E-state index contributed by atoms with van der Waals surface area (Å²) in [6.45, 7) is 8.45. The minimum absolute atomic E-state index is 0.0942. The number of halogens is 1. The molecule has 0 aliphatic carbocycles. The number of esters is 1. The first kappa shape index (κ1) is 27.8. The van der Waals surface area contributed by atoms with Crippen molar-refractivity contribution >= 4 is 29.4 Å². The van der Waals surface area contributed by atoms with Crippen LogP contribution in [0.15, 0.2) is 59.8 Å². The third-order valence-corrected chi connectivity index (χ3v) is 7.29. The van der Waals surface area contributed by atoms with E-state index >= 15 is 0 Å². The number of nitrogens with one attached hydrogen (secondary N) is 1. The summed E-state index contributed by atoms with van der Waals surface area (Å²) < 4.78 is 10.7. The molecule has 2 heterocycles. The highest BCUT2D eigenvalue weighted by atomic mass is 35.5. The van der Waals surface area contributed by atoms with Gasteiger partial charge in [-0.2, -0.15) is 0 Å². The fraction of sp³-hybridized carbons (Fsp3) is 0.414. The number of carbonyl (C=O) groups excluding carboxylic acids is 3. The molecule has 2 aliphatic rings. The molecule has 2 aromatic carbocycles. The lowest BCUT2D eigenvalue weighted by Gasteiger charge is -2.35. The van der Waals surface area contributed by atoms with Gasteiger partial charge in [0.05, 0.1) is 31.9 Å². The largest absolute Gasteiger partial charge is 0.463 e. The molecule has 1 saturated heterocycles. The van der Waals surface area contributed by atoms with Gasteiger partial charge in [0, 0.05) is 54.8 Å². The Kier molecular flexibility index (Phi) is 9.55. The molecule has 9 heteroatoms. The summed E-state index contributed by atoms with van der Waals surface area (Å²) in [5, 5.41) is 3.48. The molecule has 4 rings (SSSR count). The van der Waals surface area contributed by atoms with Crippen LogP contribution in [0.1, 0.15) is 47.7 Å². The maximum atomic E-state index is 13.3. The first-order valence-corrected chi connectivity index (χ1v) is 13.4. The van der Waals surface area contributed by atoms with E-state index < -0.39 is 11.9 Å². The third-order valence-electron chi connectivity index (χ3n) is 6.95. The predicted molar refractivity (Wildman–Crippen MR) is 145 cm³/mol. The Morgan fingerprint density at radius 2 is 1.89 bits per heavy atom. The zero-order chi connectivity index (χ0) is 27.1. The lowest BCUT2D eigenvalue weighted by atomic mass is 9.83. The Hall–Kier alpha value is -3.20. The quantitative estimate of drug-likeness (QED) is 0.488. The fourth-order valence-corrected chi connectivity index (χ4v) is 5.22. The molecule has 202 valence electrons. The Balaban J connectivity index is 1.51. The van der Waals surface area contributed by atoms with E-state index in [4.69, 9.17) is 21.1 Å². The number of hydrogen-bond acceptors (Lipinski definition) is 6. The molecule has 2 aromatic rings. The molecule has 8 nitrogen and oxygen atoms in total. The van der Waals surface area contributed by atoms with Crippen molar-refractivity contribution in [1.82, 2.24) is 15.1 Å². The Morgan fingerprint density at radius 3 is 2.63 bits per heavy atom. The standard InChI is InChI=1S/C29H34ClN3O5/c1-3-38-29(36)27-20(2)33(26(34)18-24(27)23-9-4-5-10-25(23)30)19-21-7-6-8-22(17-21)28(35)31-11-12-32-13-15-37-16-14-32/h4-10,17,24H,3,11-16,18-19H2,1-2H3,(H,31,35). The first-order chi connectivity index (χ1) is 18.4. The highest BCUT2D eigenvalue weighted by Crippen LogP contribution is 2.40. The van der Waals surface area contributed by atoms with Crippen LogP contribution in [0.3, 0.4) is 0 Å². The van der Waals surface area contributed by atoms with E-state index in [2.05, 4.69) is 10.2 Å². The van der Waals surface area contributed by atoms with Crippen LogP contribution in [0.25, 0.3) is 0 Å². The van der Waals surface area contributed by atoms with E-state index in [0.717, 1.165) is 44.0 Å². The zero-order valence-electron chi connectivity index (χ0n) is 21.9. The van der Waals surface area contributed by atoms with Crippen LogP contribution in [0.4, 0.5) is 0 Å². The van der Waals surface area contributed by atoms with E-state index in [0.29, 0.717) is 28.4 Å². The number of morpholine rings is 1. The summed E-state index contributed by atoms with van der Waals surface area (Å²) in [6.07, 6.45) is 0.0942. The molecular weight excluding hydrogens is 506 g/mol. The van der Waals surface area contributed by atoms with Crippen LogP contribution in [0, 0.1) is 0 Å². The smallest absolute Gasteiger partial charge is 0.336 e. The average Bonchev–Trinajstić information content (AvgIpc) is 2.92. The fourth-order valence-electron chi connectivity index (χ4n) is 4.95. The van der Waals surface area contributed by atoms with Crippen LogP contribution in [-0.4, -0.2) is 73.6 Å². The molecule has 0 saturated carbocycles. The summed E-state index contributed by atoms with van der Waals surface area (Å²) in [4.78, 5) is 43.0. The van der Waals surface area contributed by atoms with Crippen molar-refractivity contribution in [1.29, 1.82) is 0 Å². The number of allylic oxidation sites excluding steroid dienone is 1. The zero-order valence-corrected chi connectivity index (χ0v) is 22.6. The van der Waals surface area contributed by atoms with Gasteiger partial charge in [-0.15, -0.1) is 0 Å². The topological polar surface area (TPSA) is 88.2 Å². The molecule has 1 N–H and O–H groups in total. The third kappa shape index (κ3) is 6.62. The van der Waals surface area contributed by atoms with E-state index in [1.165, 1.54) is 0 Å². The minimum atomic E-state index is -0.491. The Labute approximate surface area is 228 Å². The Bertz CT molecular complexity index is 1210. The van der Waals surface area contributed by atoms with Crippen LogP contribution in [-0.2, 0) is 25.6 Å². The van der Waals surface area contributed by atoms with E-state index in [1.807, 2.05) is 24.3 Å². The molecule has 0 radical (unpaired) electrons. The van der Waals surface area contributed by atoms with Gasteiger partial charge in [-0.3, -0.25) is 14.5 Å². The van der Waals surface area contributed by atoms with Crippen molar-refractivity contribution in [3.05, 3.63) is 81.5 Å². The second-order valence-corrected chi connectivity index (χ2v) is 9.80. The second-order valence-electron chi connectivity index (χ2n) is 9.39. The molecule has 38 heavy (non-hydrogen) atoms. The summed E-state index contributed by atoms with van der Waals surface area (Å²) in [5.41, 5.74) is 3.00. The van der Waals surface area contributed by atoms with Crippen molar-refractivity contribution in [3.63, 3.8) is 0 Å². The van der Waals surface area contributed by atoms with Gasteiger partial charge in [-0.05, 0) is 43.2 Å². The number of rotatable bonds is 9. The van der Waals surface area contributed by atoms with Crippen molar-refractivity contribution < 1.29 is 23.9 Å². The summed E-state index contributed by atoms with van der Waals surface area (Å²) in [5.74, 6) is -1.24. The lowest BCUT2D eigenvalue weighted by molar-refractivity contribution is -0.140. The first-order valence-electron chi connectivity index (χ1n) is 13.0. The maximum Gasteiger partial charge on any atom is 0.336 e. The summed E-state index contributed by atoms with van der Waals surface area (Å²) in [7, 11) is 0. The monoisotopic (exact) mass is 539 g/mol. The van der Waals surface area contributed by atoms with Gasteiger partial charge in [-0.25, -0.2) is 4.79 Å². The SMILES string of the molecule is CCOC(=O)C1=C(C)N(Cc2cccc(C(=O)NCCN3CCOCC3)c2)C(=O)CC1c1ccccc1Cl. The van der Waals surface area contributed by atoms with E-state index in [1.54, 1.807) is 43.0 Å². The number of hydrogen-bond donors (Lipinski definition) is 1. The number of carbonyl (C=O) groups is 3. The van der Waals surface area contributed by atoms with Crippen molar-refractivity contribution in [2.24, 2.45) is 0 Å². The van der Waals surface area contributed by atoms with Crippen LogP contribution in [0.5, 0.6) is 0 Å². The highest BCUT2D eigenvalue weighted by Gasteiger charge is 2.37. The second kappa shape index (κ2) is 13.0. The minimum Gasteiger partial charge on any atom is -0.463 e. The van der Waals surface area contributed by atoms with Crippen molar-refractivity contribution in [3.8, 4) is 0 Å². The van der Waals surface area contributed by atoms with Crippen molar-refractivity contribution in [2.75, 3.05) is 46.0 Å². The summed E-state index contributed by atoms with van der Waals surface area (Å²) in [6, 6.07) is 14.5. The molecule has 1 atom stereocenters. The number of amides is 2.